The normalized spacial score (nSPS) is 12.7. The van der Waals surface area contributed by atoms with Crippen molar-refractivity contribution < 1.29 is 0 Å². The lowest BCUT2D eigenvalue weighted by Gasteiger charge is -2.46. The number of halogens is 2. The summed E-state index contributed by atoms with van der Waals surface area (Å²) in [5, 5.41) is 1.68. The van der Waals surface area contributed by atoms with Crippen molar-refractivity contribution in [3.05, 3.63) is 28.8 Å². The molecule has 0 fully saturated rings. The average Bonchev–Trinajstić information content (AvgIpc) is 2.13. The fraction of sp³-hybridized carbons (Fsp3) is 0.538. The van der Waals surface area contributed by atoms with Crippen molar-refractivity contribution in [2.24, 2.45) is 0 Å². The van der Waals surface area contributed by atoms with Crippen molar-refractivity contribution in [2.75, 3.05) is 4.23 Å². The Balaban J connectivity index is 3.45. The molecule has 0 bridgehead atoms. The first-order valence-electron chi connectivity index (χ1n) is 6.22. The van der Waals surface area contributed by atoms with E-state index in [2.05, 4.69) is 71.6 Å². The Hall–Kier alpha value is 0.224. The van der Waals surface area contributed by atoms with Gasteiger partial charge < -0.3 is 4.23 Å². The molecule has 102 valence electrons. The maximum absolute atomic E-state index is 6.35. The predicted molar refractivity (Wildman–Crippen MR) is 93.3 cm³/mol. The minimum Gasteiger partial charge on any atom is -0.424 e. The molecule has 5 heteroatoms. The summed E-state index contributed by atoms with van der Waals surface area (Å²) in [4.78, 5) is 0. The first-order chi connectivity index (χ1) is 8.09. The van der Waals surface area contributed by atoms with Gasteiger partial charge in [0, 0.05) is 21.6 Å². The second-order valence-corrected chi connectivity index (χ2v) is 17.5. The summed E-state index contributed by atoms with van der Waals surface area (Å²) < 4.78 is 2.71. The number of benzene rings is 1. The number of hydrogen-bond acceptors (Lipinski definition) is 1. The molecule has 0 saturated heterocycles. The number of anilines is 1. The minimum atomic E-state index is -1.42. The quantitative estimate of drug-likeness (QED) is 0.488. The van der Waals surface area contributed by atoms with Gasteiger partial charge in [-0.2, -0.15) is 0 Å². The van der Waals surface area contributed by atoms with Gasteiger partial charge in [-0.1, -0.05) is 72.9 Å². The van der Waals surface area contributed by atoms with E-state index in [0.717, 1.165) is 10.4 Å². The van der Waals surface area contributed by atoms with Crippen LogP contribution in [0.25, 0.3) is 0 Å². The maximum atomic E-state index is 6.35. The Morgan fingerprint density at radius 3 is 1.94 bits per heavy atom. The van der Waals surface area contributed by atoms with Crippen LogP contribution >= 0.6 is 27.5 Å². The van der Waals surface area contributed by atoms with Gasteiger partial charge in [-0.15, -0.1) is 0 Å². The summed E-state index contributed by atoms with van der Waals surface area (Å²) in [7, 11) is -2.84. The fourth-order valence-electron chi connectivity index (χ4n) is 2.62. The number of alkyl halides is 1. The zero-order valence-corrected chi connectivity index (χ0v) is 16.5. The van der Waals surface area contributed by atoms with Gasteiger partial charge in [0.1, 0.15) is 16.5 Å². The zero-order valence-electron chi connectivity index (χ0n) is 12.1. The van der Waals surface area contributed by atoms with E-state index in [-0.39, 0.29) is 0 Å². The van der Waals surface area contributed by atoms with Gasteiger partial charge in [-0.3, -0.25) is 0 Å². The summed E-state index contributed by atoms with van der Waals surface area (Å²) in [6, 6.07) is 6.27. The summed E-state index contributed by atoms with van der Waals surface area (Å²) in [5.74, 6) is 0. The smallest absolute Gasteiger partial charge is 0.138 e. The van der Waals surface area contributed by atoms with Crippen molar-refractivity contribution in [3.8, 4) is 0 Å². The van der Waals surface area contributed by atoms with Gasteiger partial charge >= 0.3 is 0 Å². The molecule has 0 atom stereocenters. The molecular weight excluding hydrogens is 342 g/mol. The SMILES string of the molecule is C[Si](C)(C)N(c1cccc(Cl)c1CBr)[Si](C)(C)C. The maximum Gasteiger partial charge on any atom is 0.138 e. The van der Waals surface area contributed by atoms with Crippen LogP contribution in [0.3, 0.4) is 0 Å². The highest BCUT2D eigenvalue weighted by atomic mass is 79.9. The van der Waals surface area contributed by atoms with Crippen LogP contribution in [-0.2, 0) is 5.33 Å². The molecule has 1 nitrogen and oxygen atoms in total. The molecule has 0 aliphatic heterocycles. The van der Waals surface area contributed by atoms with Crippen molar-refractivity contribution in [1.29, 1.82) is 0 Å². The molecule has 0 radical (unpaired) electrons. The first-order valence-corrected chi connectivity index (χ1v) is 14.6. The second-order valence-electron chi connectivity index (χ2n) is 6.55. The molecule has 0 aromatic heterocycles. The molecular formula is C13H23BrClNSi2. The summed E-state index contributed by atoms with van der Waals surface area (Å²) in [5.41, 5.74) is 2.56. The minimum absolute atomic E-state index is 0.813. The summed E-state index contributed by atoms with van der Waals surface area (Å²) in [6.07, 6.45) is 0. The highest BCUT2D eigenvalue weighted by molar-refractivity contribution is 9.08. The van der Waals surface area contributed by atoms with E-state index in [1.807, 2.05) is 6.07 Å². The Morgan fingerprint density at radius 1 is 1.06 bits per heavy atom. The Bertz CT molecular complexity index is 410. The van der Waals surface area contributed by atoms with E-state index in [9.17, 15) is 0 Å². The van der Waals surface area contributed by atoms with E-state index in [1.165, 1.54) is 11.3 Å². The fourth-order valence-corrected chi connectivity index (χ4v) is 13.5. The molecule has 0 heterocycles. The Morgan fingerprint density at radius 2 is 1.56 bits per heavy atom. The molecule has 0 saturated carbocycles. The predicted octanol–water partition coefficient (Wildman–Crippen LogP) is 5.71. The third-order valence-electron chi connectivity index (χ3n) is 2.81. The van der Waals surface area contributed by atoms with E-state index in [1.54, 1.807) is 0 Å². The van der Waals surface area contributed by atoms with E-state index < -0.39 is 16.5 Å². The van der Waals surface area contributed by atoms with Crippen molar-refractivity contribution in [2.45, 2.75) is 44.6 Å². The van der Waals surface area contributed by atoms with Gasteiger partial charge in [-0.05, 0) is 12.1 Å². The lowest BCUT2D eigenvalue weighted by molar-refractivity contribution is 1.30. The van der Waals surface area contributed by atoms with Gasteiger partial charge in [0.2, 0.25) is 0 Å². The van der Waals surface area contributed by atoms with Crippen molar-refractivity contribution in [3.63, 3.8) is 0 Å². The Kier molecular flexibility index (Phi) is 5.15. The van der Waals surface area contributed by atoms with Crippen LogP contribution in [0, 0.1) is 0 Å². The van der Waals surface area contributed by atoms with E-state index in [0.29, 0.717) is 0 Å². The van der Waals surface area contributed by atoms with Crippen molar-refractivity contribution in [1.82, 2.24) is 0 Å². The molecule has 1 aromatic carbocycles. The molecule has 0 N–H and O–H groups in total. The third kappa shape index (κ3) is 3.62. The Labute approximate surface area is 127 Å². The van der Waals surface area contributed by atoms with Crippen molar-refractivity contribution >= 4 is 49.7 Å². The lowest BCUT2D eigenvalue weighted by Crippen LogP contribution is -2.59. The molecule has 1 aromatic rings. The van der Waals surface area contributed by atoms with Crippen LogP contribution < -0.4 is 4.23 Å². The van der Waals surface area contributed by atoms with Gasteiger partial charge in [-0.25, -0.2) is 0 Å². The molecule has 0 unspecified atom stereocenters. The van der Waals surface area contributed by atoms with Crippen LogP contribution in [-0.4, -0.2) is 16.5 Å². The highest BCUT2D eigenvalue weighted by Crippen LogP contribution is 2.35. The lowest BCUT2D eigenvalue weighted by atomic mass is 10.2. The molecule has 0 spiro atoms. The van der Waals surface area contributed by atoms with Gasteiger partial charge in [0.05, 0.1) is 0 Å². The highest BCUT2D eigenvalue weighted by Gasteiger charge is 2.35. The van der Waals surface area contributed by atoms with Crippen LogP contribution in [0.15, 0.2) is 18.2 Å². The summed E-state index contributed by atoms with van der Waals surface area (Å²) >= 11 is 9.93. The van der Waals surface area contributed by atoms with Crippen LogP contribution in [0.5, 0.6) is 0 Å². The molecule has 0 aliphatic carbocycles. The molecule has 18 heavy (non-hydrogen) atoms. The molecule has 1 rings (SSSR count). The largest absolute Gasteiger partial charge is 0.424 e. The number of nitrogens with zero attached hydrogens (tertiary/aromatic N) is 1. The van der Waals surface area contributed by atoms with E-state index in [4.69, 9.17) is 11.6 Å². The standard InChI is InChI=1S/C13H23BrClNSi2/c1-17(2,3)16(18(4,5)6)13-9-7-8-12(15)11(13)10-14/h7-9H,10H2,1-6H3. The van der Waals surface area contributed by atoms with Gasteiger partial charge in [0.25, 0.3) is 0 Å². The zero-order chi connectivity index (χ0) is 14.1. The second kappa shape index (κ2) is 5.69. The number of rotatable bonds is 4. The van der Waals surface area contributed by atoms with Crippen LogP contribution in [0.2, 0.25) is 44.3 Å². The average molecular weight is 365 g/mol. The van der Waals surface area contributed by atoms with Gasteiger partial charge in [0.15, 0.2) is 0 Å². The summed E-state index contributed by atoms with van der Waals surface area (Å²) in [6.45, 7) is 14.4. The number of hydrogen-bond donors (Lipinski definition) is 0. The van der Waals surface area contributed by atoms with Crippen LogP contribution in [0.1, 0.15) is 5.56 Å². The first kappa shape index (κ1) is 16.3. The molecule has 0 aliphatic rings. The van der Waals surface area contributed by atoms with Crippen LogP contribution in [0.4, 0.5) is 5.69 Å². The van der Waals surface area contributed by atoms with E-state index >= 15 is 0 Å². The topological polar surface area (TPSA) is 3.24 Å². The molecule has 0 amide bonds. The monoisotopic (exact) mass is 363 g/mol. The third-order valence-corrected chi connectivity index (χ3v) is 10.9.